The summed E-state index contributed by atoms with van der Waals surface area (Å²) < 4.78 is 4.14. The van der Waals surface area contributed by atoms with Crippen molar-refractivity contribution in [3.05, 3.63) is 5.82 Å². The van der Waals surface area contributed by atoms with E-state index in [0.717, 1.165) is 30.5 Å². The summed E-state index contributed by atoms with van der Waals surface area (Å²) in [6.45, 7) is 4.11. The van der Waals surface area contributed by atoms with Gasteiger partial charge in [-0.05, 0) is 13.3 Å². The zero-order chi connectivity index (χ0) is 9.26. The number of hydrogen-bond acceptors (Lipinski definition) is 5. The lowest BCUT2D eigenvalue weighted by atomic mass is 10.1. The number of anilines is 1. The Labute approximate surface area is 81.4 Å². The van der Waals surface area contributed by atoms with Crippen molar-refractivity contribution in [3.8, 4) is 0 Å². The van der Waals surface area contributed by atoms with Gasteiger partial charge in [-0.15, -0.1) is 0 Å². The summed E-state index contributed by atoms with van der Waals surface area (Å²) in [5, 5.41) is 9.97. The molecule has 1 aromatic heterocycles. The number of rotatable bonds is 2. The van der Waals surface area contributed by atoms with Crippen molar-refractivity contribution in [2.45, 2.75) is 13.3 Å². The summed E-state index contributed by atoms with van der Waals surface area (Å²) in [6.07, 6.45) is 1.06. The van der Waals surface area contributed by atoms with Crippen LogP contribution in [0.3, 0.4) is 0 Å². The van der Waals surface area contributed by atoms with Crippen LogP contribution in [0.4, 0.5) is 5.13 Å². The molecule has 0 bridgehead atoms. The molecule has 5 heteroatoms. The van der Waals surface area contributed by atoms with Crippen LogP contribution in [0, 0.1) is 12.8 Å². The molecule has 1 fully saturated rings. The second-order valence-electron chi connectivity index (χ2n) is 3.41. The van der Waals surface area contributed by atoms with Crippen molar-refractivity contribution in [3.63, 3.8) is 0 Å². The van der Waals surface area contributed by atoms with E-state index in [9.17, 15) is 0 Å². The number of aromatic nitrogens is 2. The Hall–Kier alpha value is -0.680. The highest BCUT2D eigenvalue weighted by atomic mass is 32.1. The van der Waals surface area contributed by atoms with Crippen molar-refractivity contribution in [1.29, 1.82) is 0 Å². The molecule has 0 radical (unpaired) electrons. The van der Waals surface area contributed by atoms with Crippen LogP contribution in [-0.4, -0.2) is 34.2 Å². The first kappa shape index (κ1) is 8.90. The first-order chi connectivity index (χ1) is 6.29. The van der Waals surface area contributed by atoms with Gasteiger partial charge in [-0.25, -0.2) is 4.98 Å². The number of aryl methyl sites for hydroxylation is 1. The van der Waals surface area contributed by atoms with Gasteiger partial charge in [0.05, 0.1) is 0 Å². The maximum Gasteiger partial charge on any atom is 0.205 e. The molecular formula is C8H13N3OS. The number of hydrogen-bond donors (Lipinski definition) is 1. The summed E-state index contributed by atoms with van der Waals surface area (Å²) in [7, 11) is 0. The molecule has 72 valence electrons. The Bertz CT molecular complexity index is 289. The maximum atomic E-state index is 8.98. The van der Waals surface area contributed by atoms with E-state index in [1.807, 2.05) is 6.92 Å². The van der Waals surface area contributed by atoms with Crippen LogP contribution in [0.2, 0.25) is 0 Å². The van der Waals surface area contributed by atoms with Crippen LogP contribution in [-0.2, 0) is 0 Å². The molecule has 0 aliphatic carbocycles. The molecule has 13 heavy (non-hydrogen) atoms. The monoisotopic (exact) mass is 199 g/mol. The van der Waals surface area contributed by atoms with E-state index in [1.165, 1.54) is 11.5 Å². The molecule has 1 N–H and O–H groups in total. The summed E-state index contributed by atoms with van der Waals surface area (Å²) in [5.74, 6) is 1.26. The van der Waals surface area contributed by atoms with Crippen molar-refractivity contribution in [2.24, 2.45) is 5.92 Å². The van der Waals surface area contributed by atoms with Crippen LogP contribution >= 0.6 is 11.5 Å². The fourth-order valence-electron chi connectivity index (χ4n) is 1.57. The second kappa shape index (κ2) is 3.59. The molecular weight excluding hydrogens is 186 g/mol. The average Bonchev–Trinajstić information content (AvgIpc) is 2.71. The fraction of sp³-hybridized carbons (Fsp3) is 0.750. The molecule has 2 heterocycles. The molecule has 2 rings (SSSR count). The normalized spacial score (nSPS) is 22.6. The Kier molecular flexibility index (Phi) is 2.46. The first-order valence-electron chi connectivity index (χ1n) is 4.45. The standard InChI is InChI=1S/C8H13N3OS/c1-6-9-8(13-10-6)11-3-2-7(4-11)5-12/h7,12H,2-5H2,1H3. The lowest BCUT2D eigenvalue weighted by Gasteiger charge is -2.12. The summed E-state index contributed by atoms with van der Waals surface area (Å²) in [5.41, 5.74) is 0. The number of aliphatic hydroxyl groups is 1. The van der Waals surface area contributed by atoms with E-state index >= 15 is 0 Å². The zero-order valence-corrected chi connectivity index (χ0v) is 8.42. The third-order valence-corrected chi connectivity index (χ3v) is 3.20. The lowest BCUT2D eigenvalue weighted by Crippen LogP contribution is -2.20. The predicted molar refractivity (Wildman–Crippen MR) is 52.1 cm³/mol. The van der Waals surface area contributed by atoms with Gasteiger partial charge in [0.2, 0.25) is 5.13 Å². The van der Waals surface area contributed by atoms with Gasteiger partial charge in [-0.2, -0.15) is 4.37 Å². The Balaban J connectivity index is 2.03. The Morgan fingerprint density at radius 1 is 1.69 bits per heavy atom. The highest BCUT2D eigenvalue weighted by Crippen LogP contribution is 2.24. The van der Waals surface area contributed by atoms with E-state index in [4.69, 9.17) is 5.11 Å². The SMILES string of the molecule is Cc1nsc(N2CCC(CO)C2)n1. The van der Waals surface area contributed by atoms with Crippen LogP contribution in [0.1, 0.15) is 12.2 Å². The minimum Gasteiger partial charge on any atom is -0.396 e. The summed E-state index contributed by atoms with van der Waals surface area (Å²) in [6, 6.07) is 0. The molecule has 0 amide bonds. The molecule has 1 unspecified atom stereocenters. The van der Waals surface area contributed by atoms with Crippen molar-refractivity contribution in [1.82, 2.24) is 9.36 Å². The third kappa shape index (κ3) is 1.81. The van der Waals surface area contributed by atoms with E-state index in [-0.39, 0.29) is 6.61 Å². The fourth-order valence-corrected chi connectivity index (χ4v) is 2.28. The van der Waals surface area contributed by atoms with E-state index in [2.05, 4.69) is 14.3 Å². The van der Waals surface area contributed by atoms with Crippen LogP contribution in [0.5, 0.6) is 0 Å². The smallest absolute Gasteiger partial charge is 0.205 e. The first-order valence-corrected chi connectivity index (χ1v) is 5.23. The van der Waals surface area contributed by atoms with Crippen LogP contribution < -0.4 is 4.90 Å². The molecule has 0 saturated carbocycles. The maximum absolute atomic E-state index is 8.98. The van der Waals surface area contributed by atoms with Gasteiger partial charge in [0.15, 0.2) is 0 Å². The number of aliphatic hydroxyl groups excluding tert-OH is 1. The van der Waals surface area contributed by atoms with Gasteiger partial charge in [-0.1, -0.05) is 0 Å². The van der Waals surface area contributed by atoms with Crippen LogP contribution in [0.25, 0.3) is 0 Å². The highest BCUT2D eigenvalue weighted by Gasteiger charge is 2.23. The van der Waals surface area contributed by atoms with Crippen molar-refractivity contribution >= 4 is 16.7 Å². The zero-order valence-electron chi connectivity index (χ0n) is 7.60. The molecule has 1 aliphatic heterocycles. The second-order valence-corrected chi connectivity index (χ2v) is 4.14. The van der Waals surface area contributed by atoms with E-state index in [0.29, 0.717) is 5.92 Å². The molecule has 0 aromatic carbocycles. The molecule has 1 atom stereocenters. The minimum atomic E-state index is 0.286. The van der Waals surface area contributed by atoms with Gasteiger partial charge in [-0.3, -0.25) is 0 Å². The largest absolute Gasteiger partial charge is 0.396 e. The lowest BCUT2D eigenvalue weighted by molar-refractivity contribution is 0.238. The van der Waals surface area contributed by atoms with Gasteiger partial charge in [0.1, 0.15) is 5.82 Å². The average molecular weight is 199 g/mol. The van der Waals surface area contributed by atoms with Crippen LogP contribution in [0.15, 0.2) is 0 Å². The van der Waals surface area contributed by atoms with Crippen molar-refractivity contribution < 1.29 is 5.11 Å². The number of nitrogens with zero attached hydrogens (tertiary/aromatic N) is 3. The quantitative estimate of drug-likeness (QED) is 0.760. The topological polar surface area (TPSA) is 49.2 Å². The van der Waals surface area contributed by atoms with Crippen molar-refractivity contribution in [2.75, 3.05) is 24.6 Å². The molecule has 1 saturated heterocycles. The van der Waals surface area contributed by atoms with Gasteiger partial charge in [0.25, 0.3) is 0 Å². The van der Waals surface area contributed by atoms with E-state index in [1.54, 1.807) is 0 Å². The molecule has 1 aromatic rings. The predicted octanol–water partition coefficient (Wildman–Crippen LogP) is 0.665. The third-order valence-electron chi connectivity index (χ3n) is 2.33. The minimum absolute atomic E-state index is 0.286. The Morgan fingerprint density at radius 2 is 2.54 bits per heavy atom. The molecule has 1 aliphatic rings. The highest BCUT2D eigenvalue weighted by molar-refractivity contribution is 7.09. The summed E-state index contributed by atoms with van der Waals surface area (Å²) >= 11 is 1.44. The van der Waals surface area contributed by atoms with Gasteiger partial charge < -0.3 is 10.0 Å². The van der Waals surface area contributed by atoms with Gasteiger partial charge in [0, 0.05) is 37.1 Å². The molecule has 4 nitrogen and oxygen atoms in total. The Morgan fingerprint density at radius 3 is 3.08 bits per heavy atom. The summed E-state index contributed by atoms with van der Waals surface area (Å²) in [4.78, 5) is 6.51. The van der Waals surface area contributed by atoms with Gasteiger partial charge >= 0.3 is 0 Å². The molecule has 0 spiro atoms. The van der Waals surface area contributed by atoms with E-state index < -0.39 is 0 Å².